The molecule has 0 heterocycles. The number of nitrogens with one attached hydrogen (secondary N) is 1. The van der Waals surface area contributed by atoms with Crippen LogP contribution in [0.4, 0.5) is 0 Å². The average Bonchev–Trinajstić information content (AvgIpc) is 2.45. The van der Waals surface area contributed by atoms with Crippen LogP contribution in [0.25, 0.3) is 0 Å². The van der Waals surface area contributed by atoms with Gasteiger partial charge in [0.05, 0.1) is 0 Å². The molecule has 0 amide bonds. The van der Waals surface area contributed by atoms with Gasteiger partial charge in [0.1, 0.15) is 0 Å². The van der Waals surface area contributed by atoms with Crippen molar-refractivity contribution in [2.24, 2.45) is 4.99 Å². The van der Waals surface area contributed by atoms with Crippen molar-refractivity contribution >= 4 is 5.96 Å². The molecule has 1 rings (SSSR count). The third-order valence-corrected chi connectivity index (χ3v) is 3.29. The van der Waals surface area contributed by atoms with Gasteiger partial charge in [0.2, 0.25) is 0 Å². The normalized spacial score (nSPS) is 11.2. The molecule has 1 N–H and O–H groups in total. The minimum Gasteiger partial charge on any atom is -0.356 e. The highest BCUT2D eigenvalue weighted by Crippen LogP contribution is 2.03. The summed E-state index contributed by atoms with van der Waals surface area (Å²) in [5.41, 5.74) is 2.66. The second kappa shape index (κ2) is 9.18. The number of allylic oxidation sites excluding steroid dienone is 1. The van der Waals surface area contributed by atoms with Crippen molar-refractivity contribution in [3.63, 3.8) is 0 Å². The molecule has 1 aromatic carbocycles. The fourth-order valence-electron chi connectivity index (χ4n) is 2.04. The molecule has 0 unspecified atom stereocenters. The van der Waals surface area contributed by atoms with Crippen LogP contribution in [-0.2, 0) is 6.42 Å². The van der Waals surface area contributed by atoms with Crippen molar-refractivity contribution in [3.05, 3.63) is 48.0 Å². The Balaban J connectivity index is 2.34. The van der Waals surface area contributed by atoms with Gasteiger partial charge in [-0.15, -0.1) is 6.58 Å². The zero-order chi connectivity index (χ0) is 14.8. The Morgan fingerprint density at radius 3 is 2.65 bits per heavy atom. The first-order chi connectivity index (χ1) is 9.67. The Kier molecular flexibility index (Phi) is 7.48. The van der Waals surface area contributed by atoms with E-state index in [2.05, 4.69) is 60.0 Å². The van der Waals surface area contributed by atoms with Gasteiger partial charge >= 0.3 is 0 Å². The van der Waals surface area contributed by atoms with E-state index in [9.17, 15) is 0 Å². The summed E-state index contributed by atoms with van der Waals surface area (Å²) in [4.78, 5) is 6.48. The predicted molar refractivity (Wildman–Crippen MR) is 88.3 cm³/mol. The summed E-state index contributed by atoms with van der Waals surface area (Å²) in [6, 6.07) is 8.69. The van der Waals surface area contributed by atoms with Crippen molar-refractivity contribution in [2.45, 2.75) is 26.2 Å². The van der Waals surface area contributed by atoms with Crippen molar-refractivity contribution in [1.82, 2.24) is 10.2 Å². The number of unbranched alkanes of at least 4 members (excludes halogenated alkanes) is 1. The number of aliphatic imine (C=N–C) groups is 1. The monoisotopic (exact) mass is 273 g/mol. The maximum Gasteiger partial charge on any atom is 0.193 e. The van der Waals surface area contributed by atoms with E-state index in [4.69, 9.17) is 0 Å². The molecule has 3 nitrogen and oxygen atoms in total. The molecule has 0 aromatic heterocycles. The van der Waals surface area contributed by atoms with E-state index in [1.165, 1.54) is 11.1 Å². The molecule has 110 valence electrons. The fourth-order valence-corrected chi connectivity index (χ4v) is 2.04. The van der Waals surface area contributed by atoms with Crippen LogP contribution in [0.5, 0.6) is 0 Å². The van der Waals surface area contributed by atoms with E-state index < -0.39 is 0 Å². The minimum absolute atomic E-state index is 0.904. The maximum atomic E-state index is 4.32. The number of rotatable bonds is 7. The molecule has 1 aromatic rings. The number of guanidine groups is 1. The van der Waals surface area contributed by atoms with Gasteiger partial charge in [-0.05, 0) is 31.7 Å². The van der Waals surface area contributed by atoms with Crippen molar-refractivity contribution in [1.29, 1.82) is 0 Å². The summed E-state index contributed by atoms with van der Waals surface area (Å²) >= 11 is 0. The smallest absolute Gasteiger partial charge is 0.193 e. The molecule has 0 aliphatic heterocycles. The SMILES string of the molecule is C=CCCCN(C)C(=NC)NCCc1ccc(C)cc1. The van der Waals surface area contributed by atoms with Crippen LogP contribution in [0.3, 0.4) is 0 Å². The van der Waals surface area contributed by atoms with Crippen molar-refractivity contribution in [2.75, 3.05) is 27.2 Å². The molecular formula is C17H27N3. The van der Waals surface area contributed by atoms with Crippen molar-refractivity contribution < 1.29 is 0 Å². The van der Waals surface area contributed by atoms with Gasteiger partial charge in [-0.2, -0.15) is 0 Å². The van der Waals surface area contributed by atoms with Gasteiger partial charge in [0, 0.05) is 27.2 Å². The van der Waals surface area contributed by atoms with Gasteiger partial charge in [0.25, 0.3) is 0 Å². The van der Waals surface area contributed by atoms with Crippen LogP contribution in [0.2, 0.25) is 0 Å². The summed E-state index contributed by atoms with van der Waals surface area (Å²) in [5.74, 6) is 0.959. The standard InChI is InChI=1S/C17H27N3/c1-5-6-7-14-20(4)17(18-3)19-13-12-16-10-8-15(2)9-11-16/h5,8-11H,1,6-7,12-14H2,2-4H3,(H,18,19). The van der Waals surface area contributed by atoms with E-state index in [0.29, 0.717) is 0 Å². The van der Waals surface area contributed by atoms with Gasteiger partial charge in [-0.25, -0.2) is 0 Å². The second-order valence-corrected chi connectivity index (χ2v) is 5.06. The van der Waals surface area contributed by atoms with E-state index in [-0.39, 0.29) is 0 Å². The van der Waals surface area contributed by atoms with E-state index in [1.807, 2.05) is 13.1 Å². The van der Waals surface area contributed by atoms with E-state index >= 15 is 0 Å². The molecule has 0 aliphatic carbocycles. The number of benzene rings is 1. The highest BCUT2D eigenvalue weighted by molar-refractivity contribution is 5.79. The second-order valence-electron chi connectivity index (χ2n) is 5.06. The molecule has 0 radical (unpaired) electrons. The molecule has 20 heavy (non-hydrogen) atoms. The lowest BCUT2D eigenvalue weighted by atomic mass is 10.1. The number of hydrogen-bond acceptors (Lipinski definition) is 1. The lowest BCUT2D eigenvalue weighted by Crippen LogP contribution is -2.40. The van der Waals surface area contributed by atoms with Crippen LogP contribution in [0.15, 0.2) is 41.9 Å². The van der Waals surface area contributed by atoms with Gasteiger partial charge in [-0.3, -0.25) is 4.99 Å². The molecule has 0 atom stereocenters. The Morgan fingerprint density at radius 2 is 2.05 bits per heavy atom. The molecule has 0 bridgehead atoms. The van der Waals surface area contributed by atoms with Crippen LogP contribution >= 0.6 is 0 Å². The zero-order valence-corrected chi connectivity index (χ0v) is 13.0. The highest BCUT2D eigenvalue weighted by Gasteiger charge is 2.04. The zero-order valence-electron chi connectivity index (χ0n) is 13.0. The third-order valence-electron chi connectivity index (χ3n) is 3.29. The van der Waals surface area contributed by atoms with Gasteiger partial charge in [-0.1, -0.05) is 35.9 Å². The molecule has 3 heteroatoms. The maximum absolute atomic E-state index is 4.32. The Hall–Kier alpha value is -1.77. The molecule has 0 spiro atoms. The minimum atomic E-state index is 0.904. The van der Waals surface area contributed by atoms with Crippen LogP contribution < -0.4 is 5.32 Å². The fraction of sp³-hybridized carbons (Fsp3) is 0.471. The average molecular weight is 273 g/mol. The molecule has 0 saturated carbocycles. The number of hydrogen-bond donors (Lipinski definition) is 1. The quantitative estimate of drug-likeness (QED) is 0.358. The Morgan fingerprint density at radius 1 is 1.35 bits per heavy atom. The summed E-state index contributed by atoms with van der Waals surface area (Å²) < 4.78 is 0. The van der Waals surface area contributed by atoms with E-state index in [1.54, 1.807) is 0 Å². The lowest BCUT2D eigenvalue weighted by molar-refractivity contribution is 0.470. The Bertz CT molecular complexity index is 420. The summed E-state index contributed by atoms with van der Waals surface area (Å²) in [6.45, 7) is 7.76. The van der Waals surface area contributed by atoms with Gasteiger partial charge < -0.3 is 10.2 Å². The number of aryl methyl sites for hydroxylation is 1. The van der Waals surface area contributed by atoms with E-state index in [0.717, 1.165) is 38.3 Å². The summed E-state index contributed by atoms with van der Waals surface area (Å²) in [6.07, 6.45) is 5.13. The summed E-state index contributed by atoms with van der Waals surface area (Å²) in [5, 5.41) is 3.41. The van der Waals surface area contributed by atoms with Gasteiger partial charge in [0.15, 0.2) is 5.96 Å². The lowest BCUT2D eigenvalue weighted by Gasteiger charge is -2.21. The van der Waals surface area contributed by atoms with Crippen LogP contribution in [0.1, 0.15) is 24.0 Å². The molecule has 0 aliphatic rings. The topological polar surface area (TPSA) is 27.6 Å². The first kappa shape index (κ1) is 16.3. The first-order valence-corrected chi connectivity index (χ1v) is 7.25. The predicted octanol–water partition coefficient (Wildman–Crippen LogP) is 3.01. The molecule has 0 fully saturated rings. The van der Waals surface area contributed by atoms with Crippen LogP contribution in [0, 0.1) is 6.92 Å². The third kappa shape index (κ3) is 5.91. The Labute approximate surface area is 123 Å². The summed E-state index contributed by atoms with van der Waals surface area (Å²) in [7, 11) is 3.91. The van der Waals surface area contributed by atoms with Crippen LogP contribution in [-0.4, -0.2) is 38.0 Å². The molecule has 0 saturated heterocycles. The highest BCUT2D eigenvalue weighted by atomic mass is 15.3. The first-order valence-electron chi connectivity index (χ1n) is 7.25. The molecular weight excluding hydrogens is 246 g/mol. The number of nitrogens with zero attached hydrogens (tertiary/aromatic N) is 2. The van der Waals surface area contributed by atoms with Crippen molar-refractivity contribution in [3.8, 4) is 0 Å². The largest absolute Gasteiger partial charge is 0.356 e.